The Labute approximate surface area is 139 Å². The van der Waals surface area contributed by atoms with Gasteiger partial charge in [-0.2, -0.15) is 0 Å². The van der Waals surface area contributed by atoms with Crippen LogP contribution in [0.1, 0.15) is 64.0 Å². The molecule has 4 nitrogen and oxygen atoms in total. The zero-order chi connectivity index (χ0) is 16.7. The molecule has 0 aromatic heterocycles. The highest BCUT2D eigenvalue weighted by Gasteiger charge is 2.44. The molecule has 0 spiro atoms. The fourth-order valence-corrected chi connectivity index (χ4v) is 2.87. The Bertz CT molecular complexity index is 477. The summed E-state index contributed by atoms with van der Waals surface area (Å²) < 4.78 is 5.48. The number of unbranched alkanes of at least 4 members (excludes halogenated alkanes) is 4. The number of benzene rings is 1. The summed E-state index contributed by atoms with van der Waals surface area (Å²) in [5.74, 6) is -0.106. The SMILES string of the molecule is CCCCCCCC1OC1C(=O)N[C@H](C)[C@@H](O)c1ccccc1. The molecule has 2 N–H and O–H groups in total. The van der Waals surface area contributed by atoms with Gasteiger partial charge in [0.15, 0.2) is 6.10 Å². The van der Waals surface area contributed by atoms with Crippen LogP contribution in [0.2, 0.25) is 0 Å². The van der Waals surface area contributed by atoms with Crippen LogP contribution in [0, 0.1) is 0 Å². The Morgan fingerprint density at radius 2 is 1.91 bits per heavy atom. The van der Waals surface area contributed by atoms with Crippen molar-refractivity contribution < 1.29 is 14.6 Å². The summed E-state index contributed by atoms with van der Waals surface area (Å²) in [5, 5.41) is 13.1. The number of epoxide rings is 1. The van der Waals surface area contributed by atoms with Crippen LogP contribution < -0.4 is 5.32 Å². The fourth-order valence-electron chi connectivity index (χ4n) is 2.87. The first-order valence-electron chi connectivity index (χ1n) is 8.82. The molecule has 4 heteroatoms. The predicted octanol–water partition coefficient (Wildman–Crippen LogP) is 3.35. The molecule has 0 bridgehead atoms. The van der Waals surface area contributed by atoms with Crippen LogP contribution in [0.4, 0.5) is 0 Å². The van der Waals surface area contributed by atoms with Gasteiger partial charge in [0.25, 0.3) is 5.91 Å². The molecular formula is C19H29NO3. The van der Waals surface area contributed by atoms with Crippen LogP contribution in [0.15, 0.2) is 30.3 Å². The maximum Gasteiger partial charge on any atom is 0.252 e. The van der Waals surface area contributed by atoms with Gasteiger partial charge in [0.1, 0.15) is 0 Å². The normalized spacial score (nSPS) is 22.4. The van der Waals surface area contributed by atoms with Crippen molar-refractivity contribution in [1.29, 1.82) is 0 Å². The monoisotopic (exact) mass is 319 g/mol. The molecule has 0 radical (unpaired) electrons. The van der Waals surface area contributed by atoms with Crippen molar-refractivity contribution in [2.45, 2.75) is 76.7 Å². The minimum absolute atomic E-state index is 0.0673. The van der Waals surface area contributed by atoms with E-state index in [0.29, 0.717) is 0 Å². The van der Waals surface area contributed by atoms with Gasteiger partial charge in [-0.1, -0.05) is 69.4 Å². The number of hydrogen-bond acceptors (Lipinski definition) is 3. The lowest BCUT2D eigenvalue weighted by Gasteiger charge is -2.20. The van der Waals surface area contributed by atoms with E-state index in [4.69, 9.17) is 4.74 Å². The smallest absolute Gasteiger partial charge is 0.252 e. The number of carbonyl (C=O) groups excluding carboxylic acids is 1. The zero-order valence-electron chi connectivity index (χ0n) is 14.2. The lowest BCUT2D eigenvalue weighted by atomic mass is 10.0. The van der Waals surface area contributed by atoms with E-state index in [1.807, 2.05) is 37.3 Å². The maximum atomic E-state index is 12.1. The van der Waals surface area contributed by atoms with Crippen LogP contribution >= 0.6 is 0 Å². The third-order valence-electron chi connectivity index (χ3n) is 4.42. The summed E-state index contributed by atoms with van der Waals surface area (Å²) in [4.78, 5) is 12.1. The van der Waals surface area contributed by atoms with Crippen molar-refractivity contribution in [3.05, 3.63) is 35.9 Å². The molecule has 0 aliphatic carbocycles. The molecule has 128 valence electrons. The number of aliphatic hydroxyl groups is 1. The number of rotatable bonds is 10. The van der Waals surface area contributed by atoms with Crippen molar-refractivity contribution in [1.82, 2.24) is 5.32 Å². The highest BCUT2D eigenvalue weighted by molar-refractivity contribution is 5.83. The maximum absolute atomic E-state index is 12.1. The summed E-state index contributed by atoms with van der Waals surface area (Å²) in [6.07, 6.45) is 6.12. The van der Waals surface area contributed by atoms with Crippen LogP contribution in [-0.4, -0.2) is 29.3 Å². The van der Waals surface area contributed by atoms with Gasteiger partial charge in [-0.25, -0.2) is 0 Å². The molecule has 0 saturated carbocycles. The standard InChI is InChI=1S/C19H29NO3/c1-3-4-5-6-10-13-16-18(23-16)19(22)20-14(2)17(21)15-11-8-7-9-12-15/h7-9,11-12,14,16-18,21H,3-6,10,13H2,1-2H3,(H,20,22)/t14-,16?,17-,18?/m1/s1. The van der Waals surface area contributed by atoms with Crippen molar-refractivity contribution >= 4 is 5.91 Å². The van der Waals surface area contributed by atoms with E-state index in [0.717, 1.165) is 18.4 Å². The van der Waals surface area contributed by atoms with Crippen LogP contribution in [0.3, 0.4) is 0 Å². The number of ether oxygens (including phenoxy) is 1. The van der Waals surface area contributed by atoms with E-state index in [2.05, 4.69) is 12.2 Å². The Morgan fingerprint density at radius 3 is 2.61 bits per heavy atom. The summed E-state index contributed by atoms with van der Waals surface area (Å²) in [6.45, 7) is 4.02. The number of nitrogens with one attached hydrogen (secondary N) is 1. The van der Waals surface area contributed by atoms with Gasteiger partial charge in [0.05, 0.1) is 18.2 Å². The highest BCUT2D eigenvalue weighted by atomic mass is 16.6. The van der Waals surface area contributed by atoms with E-state index in [9.17, 15) is 9.90 Å². The van der Waals surface area contributed by atoms with Gasteiger partial charge in [0, 0.05) is 0 Å². The molecule has 1 aliphatic heterocycles. The highest BCUT2D eigenvalue weighted by Crippen LogP contribution is 2.28. The third kappa shape index (κ3) is 5.63. The molecule has 2 rings (SSSR count). The molecule has 1 saturated heterocycles. The molecule has 1 amide bonds. The van der Waals surface area contributed by atoms with Crippen LogP contribution in [0.5, 0.6) is 0 Å². The van der Waals surface area contributed by atoms with Gasteiger partial charge < -0.3 is 15.2 Å². The average molecular weight is 319 g/mol. The minimum Gasteiger partial charge on any atom is -0.386 e. The molecule has 1 heterocycles. The number of amides is 1. The number of aliphatic hydroxyl groups excluding tert-OH is 1. The quantitative estimate of drug-likeness (QED) is 0.513. The van der Waals surface area contributed by atoms with Gasteiger partial charge in [-0.3, -0.25) is 4.79 Å². The summed E-state index contributed by atoms with van der Waals surface area (Å²) in [5.41, 5.74) is 0.810. The Kier molecular flexibility index (Phi) is 7.06. The van der Waals surface area contributed by atoms with Gasteiger partial charge in [0.2, 0.25) is 0 Å². The van der Waals surface area contributed by atoms with E-state index >= 15 is 0 Å². The van der Waals surface area contributed by atoms with Crippen molar-refractivity contribution in [3.8, 4) is 0 Å². The van der Waals surface area contributed by atoms with E-state index in [-0.39, 0.29) is 24.2 Å². The molecule has 1 fully saturated rings. The van der Waals surface area contributed by atoms with Gasteiger partial charge >= 0.3 is 0 Å². The van der Waals surface area contributed by atoms with Crippen molar-refractivity contribution in [2.24, 2.45) is 0 Å². The molecule has 2 unspecified atom stereocenters. The van der Waals surface area contributed by atoms with Crippen LogP contribution in [-0.2, 0) is 9.53 Å². The van der Waals surface area contributed by atoms with Crippen molar-refractivity contribution in [2.75, 3.05) is 0 Å². The van der Waals surface area contributed by atoms with E-state index < -0.39 is 6.10 Å². The first kappa shape index (κ1) is 18.0. The van der Waals surface area contributed by atoms with E-state index in [1.165, 1.54) is 25.7 Å². The second-order valence-corrected chi connectivity index (χ2v) is 6.45. The van der Waals surface area contributed by atoms with Crippen LogP contribution in [0.25, 0.3) is 0 Å². The Hall–Kier alpha value is -1.39. The second kappa shape index (κ2) is 9.04. The first-order chi connectivity index (χ1) is 11.1. The second-order valence-electron chi connectivity index (χ2n) is 6.45. The summed E-state index contributed by atoms with van der Waals surface area (Å²) in [6, 6.07) is 9.05. The third-order valence-corrected chi connectivity index (χ3v) is 4.42. The lowest BCUT2D eigenvalue weighted by molar-refractivity contribution is -0.123. The molecule has 4 atom stereocenters. The molecule has 1 aromatic rings. The Morgan fingerprint density at radius 1 is 1.22 bits per heavy atom. The molecule has 1 aromatic carbocycles. The first-order valence-corrected chi connectivity index (χ1v) is 8.82. The van der Waals surface area contributed by atoms with Gasteiger partial charge in [-0.05, 0) is 18.9 Å². The Balaban J connectivity index is 1.67. The molecule has 1 aliphatic rings. The fraction of sp³-hybridized carbons (Fsp3) is 0.632. The predicted molar refractivity (Wildman–Crippen MR) is 91.0 cm³/mol. The average Bonchev–Trinajstić information content (AvgIpc) is 3.34. The number of carbonyl (C=O) groups is 1. The lowest BCUT2D eigenvalue weighted by Crippen LogP contribution is -2.40. The minimum atomic E-state index is -0.702. The largest absolute Gasteiger partial charge is 0.386 e. The van der Waals surface area contributed by atoms with E-state index in [1.54, 1.807) is 0 Å². The number of hydrogen-bond donors (Lipinski definition) is 2. The molecular weight excluding hydrogens is 290 g/mol. The summed E-state index contributed by atoms with van der Waals surface area (Å²) in [7, 11) is 0. The van der Waals surface area contributed by atoms with Crippen molar-refractivity contribution in [3.63, 3.8) is 0 Å². The topological polar surface area (TPSA) is 61.9 Å². The zero-order valence-corrected chi connectivity index (χ0v) is 14.2. The summed E-state index contributed by atoms with van der Waals surface area (Å²) >= 11 is 0. The van der Waals surface area contributed by atoms with Gasteiger partial charge in [-0.15, -0.1) is 0 Å². The molecule has 23 heavy (non-hydrogen) atoms.